The van der Waals surface area contributed by atoms with Crippen LogP contribution in [0.5, 0.6) is 11.5 Å². The van der Waals surface area contributed by atoms with Crippen molar-refractivity contribution in [2.24, 2.45) is 0 Å². The number of nitrogens with one attached hydrogen (secondary N) is 1. The van der Waals surface area contributed by atoms with E-state index in [1.807, 2.05) is 38.1 Å². The monoisotopic (exact) mass is 432 g/mol. The maximum atomic E-state index is 13.0. The maximum Gasteiger partial charge on any atom is 0.261 e. The Morgan fingerprint density at radius 1 is 1.10 bits per heavy atom. The van der Waals surface area contributed by atoms with Gasteiger partial charge in [-0.3, -0.25) is 9.59 Å². The van der Waals surface area contributed by atoms with Gasteiger partial charge in [-0.1, -0.05) is 42.8 Å². The van der Waals surface area contributed by atoms with Crippen LogP contribution in [-0.4, -0.2) is 42.5 Å². The summed E-state index contributed by atoms with van der Waals surface area (Å²) in [6.45, 7) is 5.69. The third kappa shape index (κ3) is 6.66. The van der Waals surface area contributed by atoms with Crippen LogP contribution >= 0.6 is 11.6 Å². The maximum absolute atomic E-state index is 13.0. The Morgan fingerprint density at radius 2 is 1.77 bits per heavy atom. The first kappa shape index (κ1) is 23.5. The van der Waals surface area contributed by atoms with Crippen LogP contribution in [0.15, 0.2) is 48.5 Å². The zero-order chi connectivity index (χ0) is 22.1. The molecule has 2 aromatic carbocycles. The number of amides is 2. The van der Waals surface area contributed by atoms with Crippen LogP contribution in [0.2, 0.25) is 5.02 Å². The topological polar surface area (TPSA) is 67.9 Å². The molecule has 2 atom stereocenters. The van der Waals surface area contributed by atoms with Crippen molar-refractivity contribution in [2.75, 3.05) is 13.7 Å². The van der Waals surface area contributed by atoms with E-state index >= 15 is 0 Å². The number of ether oxygens (including phenoxy) is 2. The van der Waals surface area contributed by atoms with Crippen LogP contribution in [0, 0.1) is 0 Å². The highest BCUT2D eigenvalue weighted by molar-refractivity contribution is 6.32. The predicted molar refractivity (Wildman–Crippen MR) is 118 cm³/mol. The summed E-state index contributed by atoms with van der Waals surface area (Å²) in [4.78, 5) is 27.2. The molecule has 0 fully saturated rings. The molecular formula is C23H29ClN2O4. The Bertz CT molecular complexity index is 841. The molecule has 0 aromatic heterocycles. The smallest absolute Gasteiger partial charge is 0.261 e. The number of hydrogen-bond donors (Lipinski definition) is 1. The molecule has 7 heteroatoms. The van der Waals surface area contributed by atoms with Crippen molar-refractivity contribution >= 4 is 23.4 Å². The summed E-state index contributed by atoms with van der Waals surface area (Å²) in [6, 6.07) is 13.7. The van der Waals surface area contributed by atoms with E-state index < -0.39 is 6.04 Å². The van der Waals surface area contributed by atoms with E-state index in [-0.39, 0.29) is 31.0 Å². The molecule has 0 spiro atoms. The molecule has 6 nitrogen and oxygen atoms in total. The van der Waals surface area contributed by atoms with Gasteiger partial charge in [-0.05, 0) is 50.1 Å². The van der Waals surface area contributed by atoms with E-state index in [2.05, 4.69) is 5.32 Å². The van der Waals surface area contributed by atoms with Crippen molar-refractivity contribution in [1.82, 2.24) is 10.2 Å². The van der Waals surface area contributed by atoms with E-state index in [1.54, 1.807) is 38.3 Å². The number of benzene rings is 2. The van der Waals surface area contributed by atoms with Crippen molar-refractivity contribution in [3.8, 4) is 11.5 Å². The number of carbonyl (C=O) groups is 2. The summed E-state index contributed by atoms with van der Waals surface area (Å²) in [5.74, 6) is 0.636. The van der Waals surface area contributed by atoms with Gasteiger partial charge in [-0.15, -0.1) is 0 Å². The Morgan fingerprint density at radius 3 is 2.37 bits per heavy atom. The summed E-state index contributed by atoms with van der Waals surface area (Å²) in [5, 5.41) is 3.36. The third-order valence-electron chi connectivity index (χ3n) is 4.87. The zero-order valence-electron chi connectivity index (χ0n) is 17.9. The highest BCUT2D eigenvalue weighted by atomic mass is 35.5. The minimum atomic E-state index is -0.663. The van der Waals surface area contributed by atoms with Gasteiger partial charge < -0.3 is 19.7 Å². The lowest BCUT2D eigenvalue weighted by molar-refractivity contribution is -0.142. The summed E-state index contributed by atoms with van der Waals surface area (Å²) < 4.78 is 10.8. The van der Waals surface area contributed by atoms with Gasteiger partial charge in [0, 0.05) is 12.6 Å². The zero-order valence-corrected chi connectivity index (χ0v) is 18.6. The quantitative estimate of drug-likeness (QED) is 0.614. The summed E-state index contributed by atoms with van der Waals surface area (Å²) >= 11 is 6.11. The van der Waals surface area contributed by atoms with E-state index in [0.29, 0.717) is 10.8 Å². The lowest BCUT2D eigenvalue weighted by atomic mass is 10.1. The van der Waals surface area contributed by atoms with Crippen LogP contribution in [0.25, 0.3) is 0 Å². The highest BCUT2D eigenvalue weighted by Crippen LogP contribution is 2.23. The van der Waals surface area contributed by atoms with Gasteiger partial charge in [0.05, 0.1) is 12.1 Å². The van der Waals surface area contributed by atoms with Crippen molar-refractivity contribution in [2.45, 2.75) is 45.8 Å². The Kier molecular flexibility index (Phi) is 8.99. The van der Waals surface area contributed by atoms with Crippen molar-refractivity contribution in [1.29, 1.82) is 0 Å². The Balaban J connectivity index is 2.16. The number of carbonyl (C=O) groups excluding carboxylic acids is 2. The molecule has 0 aliphatic heterocycles. The number of halogens is 1. The van der Waals surface area contributed by atoms with E-state index in [1.165, 1.54) is 4.90 Å². The average molecular weight is 433 g/mol. The molecule has 2 aromatic rings. The first-order chi connectivity index (χ1) is 14.3. The number of rotatable bonds is 10. The molecule has 0 unspecified atom stereocenters. The highest BCUT2D eigenvalue weighted by Gasteiger charge is 2.27. The van der Waals surface area contributed by atoms with E-state index in [4.69, 9.17) is 21.1 Å². The van der Waals surface area contributed by atoms with E-state index in [9.17, 15) is 9.59 Å². The van der Waals surface area contributed by atoms with Crippen molar-refractivity contribution < 1.29 is 19.1 Å². The molecule has 0 aliphatic carbocycles. The van der Waals surface area contributed by atoms with Crippen molar-refractivity contribution in [3.63, 3.8) is 0 Å². The molecule has 30 heavy (non-hydrogen) atoms. The number of methoxy groups -OCH3 is 1. The second-order valence-corrected chi connectivity index (χ2v) is 7.49. The first-order valence-electron chi connectivity index (χ1n) is 9.95. The van der Waals surface area contributed by atoms with E-state index in [0.717, 1.165) is 17.7 Å². The standard InChI is InChI=1S/C23H29ClN2O4/c1-5-16(2)25-23(28)17(3)26(14-18-10-12-19(29-4)13-11-18)22(27)15-30-21-9-7-6-8-20(21)24/h6-13,16-17H,5,14-15H2,1-4H3,(H,25,28)/t16-,17+/m1/s1. The molecule has 0 heterocycles. The van der Waals surface area contributed by atoms with Crippen LogP contribution < -0.4 is 14.8 Å². The second-order valence-electron chi connectivity index (χ2n) is 7.08. The third-order valence-corrected chi connectivity index (χ3v) is 5.18. The first-order valence-corrected chi connectivity index (χ1v) is 10.3. The van der Waals surface area contributed by atoms with Gasteiger partial charge >= 0.3 is 0 Å². The molecule has 0 radical (unpaired) electrons. The van der Waals surface area contributed by atoms with Gasteiger partial charge in [-0.2, -0.15) is 0 Å². The largest absolute Gasteiger partial charge is 0.497 e. The van der Waals surface area contributed by atoms with Crippen LogP contribution in [-0.2, 0) is 16.1 Å². The summed E-state index contributed by atoms with van der Waals surface area (Å²) in [5.41, 5.74) is 0.880. The Hall–Kier alpha value is -2.73. The lowest BCUT2D eigenvalue weighted by Gasteiger charge is -2.29. The van der Waals surface area contributed by atoms with Gasteiger partial charge in [0.1, 0.15) is 17.5 Å². The molecule has 0 bridgehead atoms. The van der Waals surface area contributed by atoms with Crippen LogP contribution in [0.4, 0.5) is 0 Å². The fourth-order valence-corrected chi connectivity index (χ4v) is 2.95. The predicted octanol–water partition coefficient (Wildman–Crippen LogP) is 4.06. The second kappa shape index (κ2) is 11.5. The molecule has 1 N–H and O–H groups in total. The molecule has 0 saturated carbocycles. The average Bonchev–Trinajstić information content (AvgIpc) is 2.76. The molecule has 2 rings (SSSR count). The molecule has 0 saturated heterocycles. The molecule has 2 amide bonds. The molecule has 162 valence electrons. The fraction of sp³-hybridized carbons (Fsp3) is 0.391. The molecular weight excluding hydrogens is 404 g/mol. The minimum absolute atomic E-state index is 0.0252. The minimum Gasteiger partial charge on any atom is -0.497 e. The van der Waals surface area contributed by atoms with Gasteiger partial charge in [0.2, 0.25) is 5.91 Å². The number of hydrogen-bond acceptors (Lipinski definition) is 4. The fourth-order valence-electron chi connectivity index (χ4n) is 2.76. The number of nitrogens with zero attached hydrogens (tertiary/aromatic N) is 1. The van der Waals surface area contributed by atoms with Gasteiger partial charge in [-0.25, -0.2) is 0 Å². The normalized spacial score (nSPS) is 12.6. The Labute approximate surface area is 183 Å². The van der Waals surface area contributed by atoms with Crippen LogP contribution in [0.1, 0.15) is 32.8 Å². The van der Waals surface area contributed by atoms with Crippen LogP contribution in [0.3, 0.4) is 0 Å². The summed E-state index contributed by atoms with van der Waals surface area (Å²) in [7, 11) is 1.60. The summed E-state index contributed by atoms with van der Waals surface area (Å²) in [6.07, 6.45) is 0.806. The van der Waals surface area contributed by atoms with Gasteiger partial charge in [0.15, 0.2) is 6.61 Å². The molecule has 0 aliphatic rings. The number of para-hydroxylation sites is 1. The SMILES string of the molecule is CC[C@@H](C)NC(=O)[C@H](C)N(Cc1ccc(OC)cc1)C(=O)COc1ccccc1Cl. The van der Waals surface area contributed by atoms with Gasteiger partial charge in [0.25, 0.3) is 5.91 Å². The lowest BCUT2D eigenvalue weighted by Crippen LogP contribution is -2.50. The van der Waals surface area contributed by atoms with Crippen molar-refractivity contribution in [3.05, 3.63) is 59.1 Å².